The average molecular weight is 254 g/mol. The molecule has 1 saturated carbocycles. The van der Waals surface area contributed by atoms with Crippen LogP contribution < -0.4 is 5.32 Å². The van der Waals surface area contributed by atoms with Gasteiger partial charge in [0.15, 0.2) is 0 Å². The van der Waals surface area contributed by atoms with Crippen molar-refractivity contribution in [1.82, 2.24) is 10.2 Å². The molecule has 4 nitrogen and oxygen atoms in total. The van der Waals surface area contributed by atoms with Gasteiger partial charge < -0.3 is 15.0 Å². The number of nitrogens with one attached hydrogen (secondary N) is 1. The number of carbonyl (C=O) groups is 1. The third-order valence-electron chi connectivity index (χ3n) is 4.00. The standard InChI is InChI=1S/C14H26N2O2/c1-2-3-10-18-14(17)16-9-8-13(11-16)15-12-6-4-5-7-12/h12-13,15H,2-11H2,1H3. The maximum absolute atomic E-state index is 11.8. The number of rotatable bonds is 5. The van der Waals surface area contributed by atoms with Crippen molar-refractivity contribution in [2.24, 2.45) is 0 Å². The van der Waals surface area contributed by atoms with Crippen LogP contribution in [0.3, 0.4) is 0 Å². The highest BCUT2D eigenvalue weighted by Crippen LogP contribution is 2.20. The fourth-order valence-electron chi connectivity index (χ4n) is 2.88. The van der Waals surface area contributed by atoms with E-state index in [1.165, 1.54) is 25.7 Å². The molecule has 0 aromatic rings. The summed E-state index contributed by atoms with van der Waals surface area (Å²) in [5.74, 6) is 0. The van der Waals surface area contributed by atoms with Crippen LogP contribution in [0.5, 0.6) is 0 Å². The van der Waals surface area contributed by atoms with E-state index in [0.717, 1.165) is 32.4 Å². The molecular formula is C14H26N2O2. The molecule has 0 aromatic heterocycles. The van der Waals surface area contributed by atoms with E-state index >= 15 is 0 Å². The molecule has 1 amide bonds. The topological polar surface area (TPSA) is 41.6 Å². The van der Waals surface area contributed by atoms with Gasteiger partial charge in [0, 0.05) is 25.2 Å². The van der Waals surface area contributed by atoms with E-state index in [1.807, 2.05) is 4.90 Å². The second kappa shape index (κ2) is 6.98. The summed E-state index contributed by atoms with van der Waals surface area (Å²) in [6.07, 6.45) is 8.29. The minimum absolute atomic E-state index is 0.126. The smallest absolute Gasteiger partial charge is 0.409 e. The molecule has 104 valence electrons. The largest absolute Gasteiger partial charge is 0.449 e. The molecule has 0 aromatic carbocycles. The van der Waals surface area contributed by atoms with Gasteiger partial charge in [-0.2, -0.15) is 0 Å². The van der Waals surface area contributed by atoms with Crippen molar-refractivity contribution in [1.29, 1.82) is 0 Å². The van der Waals surface area contributed by atoms with E-state index in [2.05, 4.69) is 12.2 Å². The molecule has 1 atom stereocenters. The Morgan fingerprint density at radius 1 is 1.28 bits per heavy atom. The maximum atomic E-state index is 11.8. The van der Waals surface area contributed by atoms with Gasteiger partial charge in [-0.3, -0.25) is 0 Å². The Morgan fingerprint density at radius 3 is 2.78 bits per heavy atom. The van der Waals surface area contributed by atoms with E-state index in [0.29, 0.717) is 18.7 Å². The van der Waals surface area contributed by atoms with Crippen molar-refractivity contribution in [2.75, 3.05) is 19.7 Å². The Kier molecular flexibility index (Phi) is 5.29. The highest BCUT2D eigenvalue weighted by Gasteiger charge is 2.29. The third-order valence-corrected chi connectivity index (χ3v) is 4.00. The Morgan fingerprint density at radius 2 is 2.06 bits per heavy atom. The minimum Gasteiger partial charge on any atom is -0.449 e. The lowest BCUT2D eigenvalue weighted by Gasteiger charge is -2.19. The van der Waals surface area contributed by atoms with Gasteiger partial charge in [0.05, 0.1) is 6.61 Å². The quantitative estimate of drug-likeness (QED) is 0.767. The molecule has 1 N–H and O–H groups in total. The zero-order valence-electron chi connectivity index (χ0n) is 11.5. The van der Waals surface area contributed by atoms with Crippen LogP contribution >= 0.6 is 0 Å². The second-order valence-corrected chi connectivity index (χ2v) is 5.55. The highest BCUT2D eigenvalue weighted by molar-refractivity contribution is 5.68. The van der Waals surface area contributed by atoms with Gasteiger partial charge in [-0.25, -0.2) is 4.79 Å². The lowest BCUT2D eigenvalue weighted by molar-refractivity contribution is 0.108. The van der Waals surface area contributed by atoms with Crippen LogP contribution in [-0.2, 0) is 4.74 Å². The predicted molar refractivity (Wildman–Crippen MR) is 71.6 cm³/mol. The van der Waals surface area contributed by atoms with Gasteiger partial charge in [-0.1, -0.05) is 26.2 Å². The fourth-order valence-corrected chi connectivity index (χ4v) is 2.88. The first kappa shape index (κ1) is 13.7. The normalized spacial score (nSPS) is 24.7. The number of ether oxygens (including phenoxy) is 1. The van der Waals surface area contributed by atoms with Crippen LogP contribution in [0.2, 0.25) is 0 Å². The maximum Gasteiger partial charge on any atom is 0.409 e. The molecular weight excluding hydrogens is 228 g/mol. The lowest BCUT2D eigenvalue weighted by Crippen LogP contribution is -2.39. The van der Waals surface area contributed by atoms with E-state index < -0.39 is 0 Å². The van der Waals surface area contributed by atoms with E-state index in [-0.39, 0.29) is 6.09 Å². The summed E-state index contributed by atoms with van der Waals surface area (Å²) in [6.45, 7) is 4.33. The van der Waals surface area contributed by atoms with Gasteiger partial charge in [-0.15, -0.1) is 0 Å². The van der Waals surface area contributed by atoms with Crippen LogP contribution in [0.25, 0.3) is 0 Å². The van der Waals surface area contributed by atoms with E-state index in [9.17, 15) is 4.79 Å². The molecule has 4 heteroatoms. The first-order valence-corrected chi connectivity index (χ1v) is 7.47. The molecule has 1 heterocycles. The molecule has 2 aliphatic rings. The van der Waals surface area contributed by atoms with Crippen LogP contribution in [0.1, 0.15) is 51.9 Å². The van der Waals surface area contributed by atoms with Crippen LogP contribution in [0.4, 0.5) is 4.79 Å². The molecule has 0 bridgehead atoms. The molecule has 0 radical (unpaired) electrons. The van der Waals surface area contributed by atoms with Crippen molar-refractivity contribution in [2.45, 2.75) is 64.0 Å². The molecule has 1 unspecified atom stereocenters. The van der Waals surface area contributed by atoms with Gasteiger partial charge in [0.1, 0.15) is 0 Å². The summed E-state index contributed by atoms with van der Waals surface area (Å²) in [4.78, 5) is 13.6. The van der Waals surface area contributed by atoms with E-state index in [1.54, 1.807) is 0 Å². The number of hydrogen-bond donors (Lipinski definition) is 1. The second-order valence-electron chi connectivity index (χ2n) is 5.55. The highest BCUT2D eigenvalue weighted by atomic mass is 16.6. The molecule has 1 saturated heterocycles. The minimum atomic E-state index is -0.126. The number of carbonyl (C=O) groups excluding carboxylic acids is 1. The zero-order chi connectivity index (χ0) is 12.8. The van der Waals surface area contributed by atoms with E-state index in [4.69, 9.17) is 4.74 Å². The number of nitrogens with zero attached hydrogens (tertiary/aromatic N) is 1. The van der Waals surface area contributed by atoms with Crippen molar-refractivity contribution in [3.05, 3.63) is 0 Å². The molecule has 1 aliphatic heterocycles. The summed E-state index contributed by atoms with van der Waals surface area (Å²) in [7, 11) is 0. The first-order chi connectivity index (χ1) is 8.79. The number of amides is 1. The summed E-state index contributed by atoms with van der Waals surface area (Å²) in [5.41, 5.74) is 0. The van der Waals surface area contributed by atoms with Gasteiger partial charge in [-0.05, 0) is 25.7 Å². The summed E-state index contributed by atoms with van der Waals surface area (Å²) >= 11 is 0. The van der Waals surface area contributed by atoms with Crippen molar-refractivity contribution >= 4 is 6.09 Å². The molecule has 0 spiro atoms. The zero-order valence-corrected chi connectivity index (χ0v) is 11.5. The Labute approximate surface area is 110 Å². The first-order valence-electron chi connectivity index (χ1n) is 7.47. The predicted octanol–water partition coefficient (Wildman–Crippen LogP) is 2.53. The molecule has 2 fully saturated rings. The van der Waals surface area contributed by atoms with Crippen molar-refractivity contribution in [3.8, 4) is 0 Å². The summed E-state index contributed by atoms with van der Waals surface area (Å²) < 4.78 is 5.24. The van der Waals surface area contributed by atoms with Gasteiger partial charge >= 0.3 is 6.09 Å². The van der Waals surface area contributed by atoms with Crippen molar-refractivity contribution < 1.29 is 9.53 Å². The lowest BCUT2D eigenvalue weighted by atomic mass is 10.2. The third kappa shape index (κ3) is 3.87. The number of likely N-dealkylation sites (tertiary alicyclic amines) is 1. The number of hydrogen-bond acceptors (Lipinski definition) is 3. The van der Waals surface area contributed by atoms with Crippen LogP contribution in [-0.4, -0.2) is 42.8 Å². The molecule has 18 heavy (non-hydrogen) atoms. The van der Waals surface area contributed by atoms with Crippen LogP contribution in [0.15, 0.2) is 0 Å². The van der Waals surface area contributed by atoms with Crippen molar-refractivity contribution in [3.63, 3.8) is 0 Å². The Hall–Kier alpha value is -0.770. The average Bonchev–Trinajstić information content (AvgIpc) is 3.01. The monoisotopic (exact) mass is 254 g/mol. The Balaban J connectivity index is 1.65. The molecule has 2 rings (SSSR count). The summed E-state index contributed by atoms with van der Waals surface area (Å²) in [6, 6.07) is 1.16. The summed E-state index contributed by atoms with van der Waals surface area (Å²) in [5, 5.41) is 3.68. The Bertz CT molecular complexity index is 265. The number of unbranched alkanes of at least 4 members (excludes halogenated alkanes) is 1. The van der Waals surface area contributed by atoms with Gasteiger partial charge in [0.25, 0.3) is 0 Å². The SMILES string of the molecule is CCCCOC(=O)N1CCC(NC2CCCC2)C1. The fraction of sp³-hybridized carbons (Fsp3) is 0.929. The van der Waals surface area contributed by atoms with Crippen LogP contribution in [0, 0.1) is 0 Å². The molecule has 1 aliphatic carbocycles. The van der Waals surface area contributed by atoms with Gasteiger partial charge in [0.2, 0.25) is 0 Å².